The fourth-order valence-electron chi connectivity index (χ4n) is 2.36. The van der Waals surface area contributed by atoms with Gasteiger partial charge in [-0.05, 0) is 24.8 Å². The van der Waals surface area contributed by atoms with Crippen molar-refractivity contribution in [3.8, 4) is 0 Å². The molecule has 2 rings (SSSR count). The molecule has 0 aliphatic carbocycles. The largest absolute Gasteiger partial charge is 0.476 e. The molecule has 0 aliphatic heterocycles. The number of nitrogens with zero attached hydrogens (tertiary/aromatic N) is 1. The molecule has 1 aromatic heterocycles. The Morgan fingerprint density at radius 2 is 1.96 bits per heavy atom. The number of nitrogens with one attached hydrogen (secondary N) is 1. The maximum atomic E-state index is 12.1. The van der Waals surface area contributed by atoms with Crippen molar-refractivity contribution in [3.05, 3.63) is 53.2 Å². The molecule has 0 unspecified atom stereocenters. The van der Waals surface area contributed by atoms with Gasteiger partial charge in [-0.15, -0.1) is 0 Å². The van der Waals surface area contributed by atoms with E-state index < -0.39 is 18.1 Å². The number of amides is 1. The van der Waals surface area contributed by atoms with E-state index in [-0.39, 0.29) is 29.9 Å². The van der Waals surface area contributed by atoms with Crippen molar-refractivity contribution < 1.29 is 23.8 Å². The number of carboxylic acid groups (broad SMARTS) is 1. The summed E-state index contributed by atoms with van der Waals surface area (Å²) in [7, 11) is 0. The quantitative estimate of drug-likeness (QED) is 0.792. The van der Waals surface area contributed by atoms with Crippen LogP contribution in [0.25, 0.3) is 0 Å². The average molecular weight is 346 g/mol. The number of benzene rings is 1. The van der Waals surface area contributed by atoms with E-state index in [1.807, 2.05) is 44.2 Å². The van der Waals surface area contributed by atoms with Crippen LogP contribution < -0.4 is 5.32 Å². The van der Waals surface area contributed by atoms with Crippen LogP contribution in [-0.2, 0) is 11.3 Å². The zero-order valence-corrected chi connectivity index (χ0v) is 14.5. The summed E-state index contributed by atoms with van der Waals surface area (Å²) in [6, 6.07) is 8.76. The van der Waals surface area contributed by atoms with Crippen LogP contribution in [0.5, 0.6) is 0 Å². The molecular weight excluding hydrogens is 324 g/mol. The molecule has 1 aromatic carbocycles. The van der Waals surface area contributed by atoms with Gasteiger partial charge in [-0.2, -0.15) is 0 Å². The molecule has 0 saturated heterocycles. The van der Waals surface area contributed by atoms with Gasteiger partial charge in [-0.3, -0.25) is 0 Å². The molecule has 0 aliphatic rings. The Kier molecular flexibility index (Phi) is 6.16. The topological polar surface area (TPSA) is 102 Å². The molecule has 0 fully saturated rings. The number of aryl methyl sites for hydroxylation is 1. The summed E-state index contributed by atoms with van der Waals surface area (Å²) >= 11 is 0. The second kappa shape index (κ2) is 8.32. The molecule has 0 bridgehead atoms. The van der Waals surface area contributed by atoms with Crippen molar-refractivity contribution >= 4 is 12.1 Å². The summed E-state index contributed by atoms with van der Waals surface area (Å²) in [6.07, 6.45) is -0.0679. The first-order valence-corrected chi connectivity index (χ1v) is 8.04. The number of hydrogen-bond donors (Lipinski definition) is 2. The second-order valence-corrected chi connectivity index (χ2v) is 6.15. The molecular formula is C18H22N2O5. The smallest absolute Gasteiger partial charge is 0.408 e. The molecule has 2 N–H and O–H groups in total. The minimum absolute atomic E-state index is 0.145. The number of ether oxygens (including phenoxy) is 1. The zero-order valence-electron chi connectivity index (χ0n) is 14.5. The highest BCUT2D eigenvalue weighted by Crippen LogP contribution is 2.23. The summed E-state index contributed by atoms with van der Waals surface area (Å²) in [6.45, 7) is 5.64. The molecule has 0 saturated carbocycles. The maximum absolute atomic E-state index is 12.1. The minimum atomic E-state index is -1.16. The van der Waals surface area contributed by atoms with Crippen LogP contribution in [0, 0.1) is 12.8 Å². The molecule has 2 aromatic rings. The van der Waals surface area contributed by atoms with Gasteiger partial charge in [0, 0.05) is 0 Å². The molecule has 0 radical (unpaired) electrons. The van der Waals surface area contributed by atoms with E-state index in [4.69, 9.17) is 14.3 Å². The highest BCUT2D eigenvalue weighted by Gasteiger charge is 2.25. The van der Waals surface area contributed by atoms with Crippen LogP contribution in [0.1, 0.15) is 54.0 Å². The lowest BCUT2D eigenvalue weighted by atomic mass is 10.0. The van der Waals surface area contributed by atoms with E-state index in [0.29, 0.717) is 6.42 Å². The molecule has 1 amide bonds. The van der Waals surface area contributed by atoms with Crippen molar-refractivity contribution in [1.29, 1.82) is 0 Å². The third-order valence-corrected chi connectivity index (χ3v) is 3.53. The van der Waals surface area contributed by atoms with Gasteiger partial charge in [0.15, 0.2) is 5.69 Å². The van der Waals surface area contributed by atoms with Crippen LogP contribution in [0.15, 0.2) is 34.7 Å². The van der Waals surface area contributed by atoms with Crippen molar-refractivity contribution in [2.75, 3.05) is 0 Å². The first kappa shape index (κ1) is 18.5. The molecule has 134 valence electrons. The van der Waals surface area contributed by atoms with E-state index >= 15 is 0 Å². The maximum Gasteiger partial charge on any atom is 0.408 e. The first-order valence-electron chi connectivity index (χ1n) is 8.04. The summed E-state index contributed by atoms with van der Waals surface area (Å²) in [5, 5.41) is 11.8. The minimum Gasteiger partial charge on any atom is -0.476 e. The van der Waals surface area contributed by atoms with Crippen LogP contribution in [0.3, 0.4) is 0 Å². The molecule has 7 heteroatoms. The second-order valence-electron chi connectivity index (χ2n) is 6.15. The summed E-state index contributed by atoms with van der Waals surface area (Å²) in [5.41, 5.74) is 0.724. The Labute approximate surface area is 146 Å². The number of carbonyl (C=O) groups is 2. The molecule has 1 atom stereocenters. The number of aromatic nitrogens is 1. The Hall–Kier alpha value is -2.83. The molecule has 0 spiro atoms. The SMILES string of the molecule is Cc1oc([C@H](CC(C)C)NC(=O)OCc2ccccc2)nc1C(=O)O. The van der Waals surface area contributed by atoms with Crippen LogP contribution in [0.4, 0.5) is 4.79 Å². The van der Waals surface area contributed by atoms with E-state index in [1.54, 1.807) is 0 Å². The molecule has 7 nitrogen and oxygen atoms in total. The number of carbonyl (C=O) groups excluding carboxylic acids is 1. The van der Waals surface area contributed by atoms with E-state index in [0.717, 1.165) is 5.56 Å². The van der Waals surface area contributed by atoms with Crippen molar-refractivity contribution in [2.45, 2.75) is 39.8 Å². The summed E-state index contributed by atoms with van der Waals surface area (Å²) < 4.78 is 10.7. The lowest BCUT2D eigenvalue weighted by Gasteiger charge is -2.17. The Morgan fingerprint density at radius 1 is 1.28 bits per heavy atom. The highest BCUT2D eigenvalue weighted by molar-refractivity contribution is 5.86. The molecule has 25 heavy (non-hydrogen) atoms. The predicted molar refractivity (Wildman–Crippen MR) is 90.2 cm³/mol. The standard InChI is InChI=1S/C18H22N2O5/c1-11(2)9-14(16-20-15(17(21)22)12(3)25-16)19-18(23)24-10-13-7-5-4-6-8-13/h4-8,11,14H,9-10H2,1-3H3,(H,19,23)(H,21,22)/t14-/m0/s1. The number of aromatic carboxylic acids is 1. The number of alkyl carbamates (subject to hydrolysis) is 1. The Bertz CT molecular complexity index is 724. The van der Waals surface area contributed by atoms with E-state index in [9.17, 15) is 9.59 Å². The summed E-state index contributed by atoms with van der Waals surface area (Å²) in [5.74, 6) is -0.557. The van der Waals surface area contributed by atoms with Crippen molar-refractivity contribution in [1.82, 2.24) is 10.3 Å². The third kappa shape index (κ3) is 5.34. The number of rotatable bonds is 7. The van der Waals surface area contributed by atoms with Gasteiger partial charge < -0.3 is 19.6 Å². The first-order chi connectivity index (χ1) is 11.9. The van der Waals surface area contributed by atoms with Crippen molar-refractivity contribution in [2.24, 2.45) is 5.92 Å². The monoisotopic (exact) mass is 346 g/mol. The van der Waals surface area contributed by atoms with Crippen LogP contribution in [0.2, 0.25) is 0 Å². The predicted octanol–water partition coefficient (Wildman–Crippen LogP) is 3.69. The van der Waals surface area contributed by atoms with Gasteiger partial charge in [0.05, 0.1) is 0 Å². The third-order valence-electron chi connectivity index (χ3n) is 3.53. The fourth-order valence-corrected chi connectivity index (χ4v) is 2.36. The van der Waals surface area contributed by atoms with E-state index in [1.165, 1.54) is 6.92 Å². The lowest BCUT2D eigenvalue weighted by molar-refractivity contribution is 0.0689. The van der Waals surface area contributed by atoms with Crippen LogP contribution in [-0.4, -0.2) is 22.2 Å². The lowest BCUT2D eigenvalue weighted by Crippen LogP contribution is -2.30. The van der Waals surface area contributed by atoms with E-state index in [2.05, 4.69) is 10.3 Å². The average Bonchev–Trinajstić information content (AvgIpc) is 2.95. The van der Waals surface area contributed by atoms with Gasteiger partial charge in [-0.25, -0.2) is 14.6 Å². The number of carboxylic acids is 1. The fraction of sp³-hybridized carbons (Fsp3) is 0.389. The van der Waals surface area contributed by atoms with Crippen LogP contribution >= 0.6 is 0 Å². The Morgan fingerprint density at radius 3 is 2.52 bits per heavy atom. The number of oxazole rings is 1. The van der Waals surface area contributed by atoms with Gasteiger partial charge in [-0.1, -0.05) is 44.2 Å². The van der Waals surface area contributed by atoms with Gasteiger partial charge in [0.25, 0.3) is 0 Å². The number of hydrogen-bond acceptors (Lipinski definition) is 5. The zero-order chi connectivity index (χ0) is 18.4. The van der Waals surface area contributed by atoms with Crippen molar-refractivity contribution in [3.63, 3.8) is 0 Å². The van der Waals surface area contributed by atoms with Gasteiger partial charge in [0.1, 0.15) is 18.4 Å². The summed E-state index contributed by atoms with van der Waals surface area (Å²) in [4.78, 5) is 27.2. The van der Waals surface area contributed by atoms with Gasteiger partial charge >= 0.3 is 12.1 Å². The normalized spacial score (nSPS) is 12.0. The molecule has 1 heterocycles. The highest BCUT2D eigenvalue weighted by atomic mass is 16.5. The van der Waals surface area contributed by atoms with Gasteiger partial charge in [0.2, 0.25) is 5.89 Å². The Balaban J connectivity index is 2.05.